The van der Waals surface area contributed by atoms with Crippen molar-refractivity contribution in [2.75, 3.05) is 13.1 Å². The summed E-state index contributed by atoms with van der Waals surface area (Å²) in [7, 11) is 0. The van der Waals surface area contributed by atoms with E-state index >= 15 is 0 Å². The number of aromatic nitrogens is 2. The van der Waals surface area contributed by atoms with Crippen LogP contribution in [0.25, 0.3) is 0 Å². The Hall–Kier alpha value is -0.830. The van der Waals surface area contributed by atoms with Crippen LogP contribution in [-0.4, -0.2) is 33.1 Å². The maximum absolute atomic E-state index is 4.10. The normalized spacial score (nSPS) is 23.6. The Morgan fingerprint density at radius 1 is 1.38 bits per heavy atom. The van der Waals surface area contributed by atoms with Gasteiger partial charge in [0.25, 0.3) is 0 Å². The van der Waals surface area contributed by atoms with Crippen LogP contribution in [-0.2, 0) is 6.54 Å². The Bertz CT molecular complexity index is 310. The molecule has 0 radical (unpaired) electrons. The molecule has 0 aromatic carbocycles. The summed E-state index contributed by atoms with van der Waals surface area (Å²) in [6.45, 7) is 10.5. The highest BCUT2D eigenvalue weighted by atomic mass is 15.2. The molecule has 1 aliphatic heterocycles. The van der Waals surface area contributed by atoms with Gasteiger partial charge < -0.3 is 4.57 Å². The summed E-state index contributed by atoms with van der Waals surface area (Å²) in [5, 5.41) is 0. The molecule has 3 nitrogen and oxygen atoms in total. The van der Waals surface area contributed by atoms with Crippen molar-refractivity contribution in [3.8, 4) is 0 Å². The SMILES string of the molecule is CC(C)(C)N1CCC[C@H](Cn2ccnc2)C1. The first-order valence-corrected chi connectivity index (χ1v) is 6.26. The molecule has 0 bridgehead atoms. The lowest BCUT2D eigenvalue weighted by Gasteiger charge is -2.41. The summed E-state index contributed by atoms with van der Waals surface area (Å²) in [4.78, 5) is 6.71. The minimum Gasteiger partial charge on any atom is -0.337 e. The van der Waals surface area contributed by atoms with E-state index in [0.29, 0.717) is 5.54 Å². The average Bonchev–Trinajstić information content (AvgIpc) is 2.70. The minimum atomic E-state index is 0.313. The molecule has 2 rings (SSSR count). The zero-order valence-electron chi connectivity index (χ0n) is 10.7. The second kappa shape index (κ2) is 4.58. The van der Waals surface area contributed by atoms with Crippen molar-refractivity contribution in [1.29, 1.82) is 0 Å². The van der Waals surface area contributed by atoms with Gasteiger partial charge in [-0.05, 0) is 46.1 Å². The van der Waals surface area contributed by atoms with Crippen molar-refractivity contribution in [2.45, 2.75) is 45.7 Å². The van der Waals surface area contributed by atoms with Crippen molar-refractivity contribution in [2.24, 2.45) is 5.92 Å². The molecule has 3 heteroatoms. The van der Waals surface area contributed by atoms with E-state index in [4.69, 9.17) is 0 Å². The van der Waals surface area contributed by atoms with E-state index in [-0.39, 0.29) is 0 Å². The van der Waals surface area contributed by atoms with Crippen molar-refractivity contribution in [1.82, 2.24) is 14.5 Å². The van der Waals surface area contributed by atoms with Crippen LogP contribution in [0.5, 0.6) is 0 Å². The number of nitrogens with zero attached hydrogens (tertiary/aromatic N) is 3. The monoisotopic (exact) mass is 221 g/mol. The molecule has 0 aliphatic carbocycles. The molecule has 1 aromatic rings. The number of piperidine rings is 1. The van der Waals surface area contributed by atoms with Gasteiger partial charge >= 0.3 is 0 Å². The molecule has 2 heterocycles. The fourth-order valence-electron chi connectivity index (χ4n) is 2.52. The Labute approximate surface area is 98.5 Å². The first kappa shape index (κ1) is 11.6. The maximum Gasteiger partial charge on any atom is 0.0946 e. The second-order valence-electron chi connectivity index (χ2n) is 5.88. The van der Waals surface area contributed by atoms with Crippen LogP contribution >= 0.6 is 0 Å². The molecular formula is C13H23N3. The Morgan fingerprint density at radius 3 is 2.81 bits per heavy atom. The minimum absolute atomic E-state index is 0.313. The zero-order valence-corrected chi connectivity index (χ0v) is 10.7. The lowest BCUT2D eigenvalue weighted by atomic mass is 9.93. The number of likely N-dealkylation sites (tertiary alicyclic amines) is 1. The molecule has 1 aromatic heterocycles. The highest BCUT2D eigenvalue weighted by Gasteiger charge is 2.27. The third-order valence-corrected chi connectivity index (χ3v) is 3.50. The van der Waals surface area contributed by atoms with E-state index in [1.807, 2.05) is 12.5 Å². The quantitative estimate of drug-likeness (QED) is 0.764. The predicted octanol–water partition coefficient (Wildman–Crippen LogP) is 2.39. The predicted molar refractivity (Wildman–Crippen MR) is 66.3 cm³/mol. The van der Waals surface area contributed by atoms with Crippen LogP contribution in [0.2, 0.25) is 0 Å². The van der Waals surface area contributed by atoms with Gasteiger partial charge in [-0.15, -0.1) is 0 Å². The molecule has 1 atom stereocenters. The summed E-state index contributed by atoms with van der Waals surface area (Å²) in [5.74, 6) is 0.780. The van der Waals surface area contributed by atoms with E-state index < -0.39 is 0 Å². The fourth-order valence-corrected chi connectivity index (χ4v) is 2.52. The van der Waals surface area contributed by atoms with Crippen LogP contribution in [0.4, 0.5) is 0 Å². The molecule has 0 unspecified atom stereocenters. The van der Waals surface area contributed by atoms with Gasteiger partial charge in [-0.3, -0.25) is 4.90 Å². The zero-order chi connectivity index (χ0) is 11.6. The summed E-state index contributed by atoms with van der Waals surface area (Å²) in [5.41, 5.74) is 0.313. The van der Waals surface area contributed by atoms with Gasteiger partial charge in [-0.25, -0.2) is 4.98 Å². The smallest absolute Gasteiger partial charge is 0.0946 e. The highest BCUT2D eigenvalue weighted by molar-refractivity contribution is 4.84. The summed E-state index contributed by atoms with van der Waals surface area (Å²) in [6.07, 6.45) is 8.54. The van der Waals surface area contributed by atoms with Crippen molar-refractivity contribution in [3.63, 3.8) is 0 Å². The number of rotatable bonds is 2. The molecule has 0 spiro atoms. The lowest BCUT2D eigenvalue weighted by Crippen LogP contribution is -2.47. The van der Waals surface area contributed by atoms with E-state index in [9.17, 15) is 0 Å². The third kappa shape index (κ3) is 2.85. The topological polar surface area (TPSA) is 21.1 Å². The third-order valence-electron chi connectivity index (χ3n) is 3.50. The van der Waals surface area contributed by atoms with Crippen LogP contribution in [0.1, 0.15) is 33.6 Å². The molecule has 16 heavy (non-hydrogen) atoms. The maximum atomic E-state index is 4.10. The molecule has 0 saturated carbocycles. The fraction of sp³-hybridized carbons (Fsp3) is 0.769. The van der Waals surface area contributed by atoms with Gasteiger partial charge in [0, 0.05) is 31.0 Å². The van der Waals surface area contributed by atoms with Gasteiger partial charge in [0.1, 0.15) is 0 Å². The molecule has 0 amide bonds. The van der Waals surface area contributed by atoms with Crippen molar-refractivity contribution >= 4 is 0 Å². The van der Waals surface area contributed by atoms with Crippen LogP contribution in [0, 0.1) is 5.92 Å². The molecule has 1 aliphatic rings. The number of imidazole rings is 1. The van der Waals surface area contributed by atoms with Gasteiger partial charge in [0.2, 0.25) is 0 Å². The van der Waals surface area contributed by atoms with Gasteiger partial charge in [-0.1, -0.05) is 0 Å². The largest absolute Gasteiger partial charge is 0.337 e. The van der Waals surface area contributed by atoms with Crippen LogP contribution in [0.15, 0.2) is 18.7 Å². The van der Waals surface area contributed by atoms with Crippen LogP contribution in [0.3, 0.4) is 0 Å². The van der Waals surface area contributed by atoms with Crippen molar-refractivity contribution < 1.29 is 0 Å². The van der Waals surface area contributed by atoms with Crippen LogP contribution < -0.4 is 0 Å². The molecule has 0 N–H and O–H groups in total. The number of hydrogen-bond acceptors (Lipinski definition) is 2. The highest BCUT2D eigenvalue weighted by Crippen LogP contribution is 2.24. The lowest BCUT2D eigenvalue weighted by molar-refractivity contribution is 0.0734. The Morgan fingerprint density at radius 2 is 2.19 bits per heavy atom. The molecule has 1 saturated heterocycles. The first-order valence-electron chi connectivity index (χ1n) is 6.26. The first-order chi connectivity index (χ1) is 7.55. The second-order valence-corrected chi connectivity index (χ2v) is 5.88. The summed E-state index contributed by atoms with van der Waals surface area (Å²) < 4.78 is 2.21. The van der Waals surface area contributed by atoms with E-state index in [1.165, 1.54) is 25.9 Å². The molecule has 1 fully saturated rings. The van der Waals surface area contributed by atoms with Gasteiger partial charge in [0.15, 0.2) is 0 Å². The van der Waals surface area contributed by atoms with Crippen molar-refractivity contribution in [3.05, 3.63) is 18.7 Å². The summed E-state index contributed by atoms with van der Waals surface area (Å²) in [6, 6.07) is 0. The molecule has 90 valence electrons. The van der Waals surface area contributed by atoms with E-state index in [2.05, 4.69) is 41.4 Å². The number of hydrogen-bond donors (Lipinski definition) is 0. The summed E-state index contributed by atoms with van der Waals surface area (Å²) >= 11 is 0. The van der Waals surface area contributed by atoms with Gasteiger partial charge in [-0.2, -0.15) is 0 Å². The molecular weight excluding hydrogens is 198 g/mol. The Kier molecular flexibility index (Phi) is 3.33. The standard InChI is InChI=1S/C13H23N3/c1-13(2,3)16-7-4-5-12(10-16)9-15-8-6-14-11-15/h6,8,11-12H,4-5,7,9-10H2,1-3H3/t12-/m1/s1. The van der Waals surface area contributed by atoms with Gasteiger partial charge in [0.05, 0.1) is 6.33 Å². The van der Waals surface area contributed by atoms with E-state index in [0.717, 1.165) is 12.5 Å². The van der Waals surface area contributed by atoms with E-state index in [1.54, 1.807) is 0 Å². The average molecular weight is 221 g/mol. The Balaban J connectivity index is 1.92.